The summed E-state index contributed by atoms with van der Waals surface area (Å²) in [5, 5.41) is 6.37. The average Bonchev–Trinajstić information content (AvgIpc) is 2.41. The second kappa shape index (κ2) is 8.61. The molecule has 1 heterocycles. The van der Waals surface area contributed by atoms with Crippen LogP contribution in [0.15, 0.2) is 28.7 Å². The summed E-state index contributed by atoms with van der Waals surface area (Å²) in [5.41, 5.74) is 0. The van der Waals surface area contributed by atoms with Crippen molar-refractivity contribution in [3.8, 4) is 5.75 Å². The number of benzene rings is 1. The van der Waals surface area contributed by atoms with Crippen molar-refractivity contribution in [1.82, 2.24) is 10.6 Å². The lowest BCUT2D eigenvalue weighted by Crippen LogP contribution is -2.52. The van der Waals surface area contributed by atoms with Crippen LogP contribution in [0.25, 0.3) is 0 Å². The van der Waals surface area contributed by atoms with E-state index in [0.717, 1.165) is 24.0 Å². The Morgan fingerprint density at radius 3 is 2.95 bits per heavy atom. The zero-order valence-electron chi connectivity index (χ0n) is 12.3. The SMILES string of the molecule is CC(Oc1cccc(Br)c1)C(=O)NC1CNCCC1C.Cl. The van der Waals surface area contributed by atoms with Crippen molar-refractivity contribution in [2.75, 3.05) is 13.1 Å². The number of nitrogens with one attached hydrogen (secondary N) is 2. The number of carbonyl (C=O) groups excluding carboxylic acids is 1. The third kappa shape index (κ3) is 5.49. The van der Waals surface area contributed by atoms with Crippen LogP contribution in [-0.2, 0) is 4.79 Å². The molecule has 6 heteroatoms. The predicted molar refractivity (Wildman–Crippen MR) is 90.1 cm³/mol. The van der Waals surface area contributed by atoms with Crippen LogP contribution in [-0.4, -0.2) is 31.1 Å². The van der Waals surface area contributed by atoms with Gasteiger partial charge in [0.1, 0.15) is 5.75 Å². The standard InChI is InChI=1S/C15H21BrN2O2.ClH/c1-10-6-7-17-9-14(10)18-15(19)11(2)20-13-5-3-4-12(16)8-13;/h3-5,8,10-11,14,17H,6-7,9H2,1-2H3,(H,18,19);1H. The Balaban J connectivity index is 0.00000220. The predicted octanol–water partition coefficient (Wildman–Crippen LogP) is 2.75. The summed E-state index contributed by atoms with van der Waals surface area (Å²) >= 11 is 3.39. The molecule has 0 spiro atoms. The summed E-state index contributed by atoms with van der Waals surface area (Å²) in [6.07, 6.45) is 0.588. The highest BCUT2D eigenvalue weighted by Gasteiger charge is 2.25. The molecule has 1 fully saturated rings. The lowest BCUT2D eigenvalue weighted by Gasteiger charge is -2.31. The van der Waals surface area contributed by atoms with Gasteiger partial charge in [0.15, 0.2) is 6.10 Å². The number of piperidine rings is 1. The summed E-state index contributed by atoms with van der Waals surface area (Å²) in [7, 11) is 0. The zero-order valence-corrected chi connectivity index (χ0v) is 14.7. The largest absolute Gasteiger partial charge is 0.481 e. The maximum absolute atomic E-state index is 12.2. The number of amides is 1. The first-order chi connectivity index (χ1) is 9.56. The minimum atomic E-state index is -0.501. The van der Waals surface area contributed by atoms with E-state index in [4.69, 9.17) is 4.74 Å². The summed E-state index contributed by atoms with van der Waals surface area (Å²) < 4.78 is 6.61. The Morgan fingerprint density at radius 2 is 2.29 bits per heavy atom. The summed E-state index contributed by atoms with van der Waals surface area (Å²) in [4.78, 5) is 12.2. The highest BCUT2D eigenvalue weighted by Crippen LogP contribution is 2.19. The third-order valence-corrected chi connectivity index (χ3v) is 4.13. The Labute approximate surface area is 140 Å². The van der Waals surface area contributed by atoms with Crippen LogP contribution in [0.3, 0.4) is 0 Å². The Hall–Kier alpha value is -0.780. The van der Waals surface area contributed by atoms with Crippen molar-refractivity contribution in [2.45, 2.75) is 32.4 Å². The fraction of sp³-hybridized carbons (Fsp3) is 0.533. The molecule has 21 heavy (non-hydrogen) atoms. The number of hydrogen-bond acceptors (Lipinski definition) is 3. The van der Waals surface area contributed by atoms with Gasteiger partial charge in [-0.2, -0.15) is 0 Å². The van der Waals surface area contributed by atoms with Gasteiger partial charge in [-0.15, -0.1) is 12.4 Å². The summed E-state index contributed by atoms with van der Waals surface area (Å²) in [6.45, 7) is 5.80. The summed E-state index contributed by atoms with van der Waals surface area (Å²) in [6, 6.07) is 7.70. The number of halogens is 2. The van der Waals surface area contributed by atoms with Gasteiger partial charge in [-0.1, -0.05) is 28.9 Å². The van der Waals surface area contributed by atoms with Gasteiger partial charge in [0.2, 0.25) is 0 Å². The van der Waals surface area contributed by atoms with Crippen molar-refractivity contribution >= 4 is 34.2 Å². The number of hydrogen-bond donors (Lipinski definition) is 2. The van der Waals surface area contributed by atoms with Gasteiger partial charge < -0.3 is 15.4 Å². The molecule has 3 unspecified atom stereocenters. The quantitative estimate of drug-likeness (QED) is 0.848. The molecule has 3 atom stereocenters. The minimum Gasteiger partial charge on any atom is -0.481 e. The molecule has 1 aliphatic rings. The minimum absolute atomic E-state index is 0. The molecular formula is C15H22BrClN2O2. The number of ether oxygens (including phenoxy) is 1. The second-order valence-electron chi connectivity index (χ2n) is 5.30. The van der Waals surface area contributed by atoms with Gasteiger partial charge in [0.05, 0.1) is 0 Å². The first-order valence-electron chi connectivity index (χ1n) is 6.99. The van der Waals surface area contributed by atoms with Gasteiger partial charge in [0.25, 0.3) is 5.91 Å². The molecule has 1 saturated heterocycles. The molecule has 2 rings (SSSR count). The lowest BCUT2D eigenvalue weighted by atomic mass is 9.95. The normalized spacial score (nSPS) is 22.8. The van der Waals surface area contributed by atoms with Crippen molar-refractivity contribution < 1.29 is 9.53 Å². The molecule has 0 saturated carbocycles. The Bertz CT molecular complexity index is 473. The van der Waals surface area contributed by atoms with E-state index in [1.54, 1.807) is 6.92 Å². The fourth-order valence-corrected chi connectivity index (χ4v) is 2.66. The van der Waals surface area contributed by atoms with Crippen LogP contribution in [0.1, 0.15) is 20.3 Å². The molecule has 0 aliphatic carbocycles. The number of carbonyl (C=O) groups is 1. The molecule has 0 bridgehead atoms. The van der Waals surface area contributed by atoms with E-state index in [-0.39, 0.29) is 24.4 Å². The first-order valence-corrected chi connectivity index (χ1v) is 7.79. The first kappa shape index (κ1) is 18.3. The maximum Gasteiger partial charge on any atom is 0.261 e. The fourth-order valence-electron chi connectivity index (χ4n) is 2.28. The monoisotopic (exact) mass is 376 g/mol. The van der Waals surface area contributed by atoms with E-state index in [2.05, 4.69) is 33.5 Å². The molecule has 0 radical (unpaired) electrons. The Kier molecular flexibility index (Phi) is 7.49. The van der Waals surface area contributed by atoms with Crippen LogP contribution >= 0.6 is 28.3 Å². The molecule has 1 aromatic rings. The van der Waals surface area contributed by atoms with Crippen LogP contribution in [0.2, 0.25) is 0 Å². The van der Waals surface area contributed by atoms with Crippen molar-refractivity contribution in [3.05, 3.63) is 28.7 Å². The van der Waals surface area contributed by atoms with Crippen molar-refractivity contribution in [1.29, 1.82) is 0 Å². The number of rotatable bonds is 4. The molecule has 118 valence electrons. The van der Waals surface area contributed by atoms with E-state index >= 15 is 0 Å². The van der Waals surface area contributed by atoms with Gasteiger partial charge >= 0.3 is 0 Å². The topological polar surface area (TPSA) is 50.4 Å². The molecule has 0 aromatic heterocycles. The van der Waals surface area contributed by atoms with E-state index in [1.165, 1.54) is 0 Å². The van der Waals surface area contributed by atoms with Crippen LogP contribution in [0.5, 0.6) is 5.75 Å². The van der Waals surface area contributed by atoms with Crippen molar-refractivity contribution in [2.24, 2.45) is 5.92 Å². The van der Waals surface area contributed by atoms with Crippen LogP contribution in [0.4, 0.5) is 0 Å². The second-order valence-corrected chi connectivity index (χ2v) is 6.22. The maximum atomic E-state index is 12.2. The van der Waals surface area contributed by atoms with E-state index in [0.29, 0.717) is 11.7 Å². The zero-order chi connectivity index (χ0) is 14.5. The van der Waals surface area contributed by atoms with Gasteiger partial charge in [-0.3, -0.25) is 4.79 Å². The third-order valence-electron chi connectivity index (χ3n) is 3.63. The molecular weight excluding hydrogens is 356 g/mol. The van der Waals surface area contributed by atoms with E-state index < -0.39 is 6.10 Å². The van der Waals surface area contributed by atoms with E-state index in [1.807, 2.05) is 24.3 Å². The molecule has 1 aliphatic heterocycles. The molecule has 1 amide bonds. The van der Waals surface area contributed by atoms with Crippen LogP contribution < -0.4 is 15.4 Å². The van der Waals surface area contributed by atoms with Gasteiger partial charge in [-0.05, 0) is 44.0 Å². The van der Waals surface area contributed by atoms with Crippen molar-refractivity contribution in [3.63, 3.8) is 0 Å². The highest BCUT2D eigenvalue weighted by molar-refractivity contribution is 9.10. The smallest absolute Gasteiger partial charge is 0.261 e. The molecule has 1 aromatic carbocycles. The molecule has 4 nitrogen and oxygen atoms in total. The Morgan fingerprint density at radius 1 is 1.52 bits per heavy atom. The summed E-state index contributed by atoms with van der Waals surface area (Å²) in [5.74, 6) is 1.13. The molecule has 2 N–H and O–H groups in total. The van der Waals surface area contributed by atoms with Gasteiger partial charge in [-0.25, -0.2) is 0 Å². The van der Waals surface area contributed by atoms with Crippen LogP contribution in [0, 0.1) is 5.92 Å². The lowest BCUT2D eigenvalue weighted by molar-refractivity contribution is -0.128. The van der Waals surface area contributed by atoms with Gasteiger partial charge in [0, 0.05) is 17.1 Å². The van der Waals surface area contributed by atoms with E-state index in [9.17, 15) is 4.79 Å². The highest BCUT2D eigenvalue weighted by atomic mass is 79.9. The average molecular weight is 378 g/mol.